The standard InChI is InChI=1S/C15H21F3N2O6S/c1-11(20-27(23,24)13-4-2-12(21)3-5-13)10-26-9-8-25-7-6-19-14(22)15(16,17)18/h2-5,11,20-21H,6-10H2,1H3,(H,19,22)/t11-/m1/s1. The minimum absolute atomic E-state index is 0.00335. The fraction of sp³-hybridized carbons (Fsp3) is 0.533. The van der Waals surface area contributed by atoms with Gasteiger partial charge in [0.2, 0.25) is 10.0 Å². The summed E-state index contributed by atoms with van der Waals surface area (Å²) in [5.41, 5.74) is 0. The zero-order valence-corrected chi connectivity index (χ0v) is 15.3. The number of amides is 1. The number of carbonyl (C=O) groups excluding carboxylic acids is 1. The third-order valence-electron chi connectivity index (χ3n) is 3.03. The smallest absolute Gasteiger partial charge is 0.471 e. The van der Waals surface area contributed by atoms with Crippen LogP contribution in [0.5, 0.6) is 5.75 Å². The highest BCUT2D eigenvalue weighted by molar-refractivity contribution is 7.89. The lowest BCUT2D eigenvalue weighted by molar-refractivity contribution is -0.173. The first-order chi connectivity index (χ1) is 12.5. The number of halogens is 3. The van der Waals surface area contributed by atoms with Crippen molar-refractivity contribution in [3.8, 4) is 5.75 Å². The minimum atomic E-state index is -4.92. The number of rotatable bonds is 11. The summed E-state index contributed by atoms with van der Waals surface area (Å²) in [5.74, 6) is -2.08. The first-order valence-corrected chi connectivity index (χ1v) is 9.32. The molecule has 0 unspecified atom stereocenters. The van der Waals surface area contributed by atoms with Crippen molar-refractivity contribution in [2.45, 2.75) is 24.0 Å². The first-order valence-electron chi connectivity index (χ1n) is 7.84. The van der Waals surface area contributed by atoms with E-state index in [0.717, 1.165) is 0 Å². The molecular formula is C15H21F3N2O6S. The number of phenols is 1. The van der Waals surface area contributed by atoms with E-state index < -0.39 is 28.1 Å². The Balaban J connectivity index is 2.16. The molecule has 1 atom stereocenters. The Morgan fingerprint density at radius 1 is 1.15 bits per heavy atom. The van der Waals surface area contributed by atoms with Gasteiger partial charge in [-0.3, -0.25) is 4.79 Å². The van der Waals surface area contributed by atoms with Crippen LogP contribution in [-0.4, -0.2) is 64.6 Å². The lowest BCUT2D eigenvalue weighted by atomic mass is 10.3. The number of carbonyl (C=O) groups is 1. The quantitative estimate of drug-likeness (QED) is 0.461. The third kappa shape index (κ3) is 9.04. The molecule has 0 saturated carbocycles. The minimum Gasteiger partial charge on any atom is -0.508 e. The van der Waals surface area contributed by atoms with E-state index in [1.165, 1.54) is 24.3 Å². The summed E-state index contributed by atoms with van der Waals surface area (Å²) in [6.45, 7) is 1.39. The van der Waals surface area contributed by atoms with E-state index in [9.17, 15) is 31.5 Å². The SMILES string of the molecule is C[C@H](COCCOCCNC(=O)C(F)(F)F)NS(=O)(=O)c1ccc(O)cc1. The Kier molecular flexibility index (Phi) is 8.96. The van der Waals surface area contributed by atoms with E-state index in [4.69, 9.17) is 9.47 Å². The molecule has 1 rings (SSSR count). The fourth-order valence-electron chi connectivity index (χ4n) is 1.81. The normalized spacial score (nSPS) is 13.3. The Hall–Kier alpha value is -1.89. The second-order valence-electron chi connectivity index (χ2n) is 5.46. The van der Waals surface area contributed by atoms with Gasteiger partial charge in [-0.25, -0.2) is 13.1 Å². The highest BCUT2D eigenvalue weighted by atomic mass is 32.2. The van der Waals surface area contributed by atoms with Crippen LogP contribution in [0.4, 0.5) is 13.2 Å². The number of phenolic OH excluding ortho intramolecular Hbond substituents is 1. The van der Waals surface area contributed by atoms with E-state index in [0.29, 0.717) is 0 Å². The molecule has 0 heterocycles. The number of hydrogen-bond donors (Lipinski definition) is 3. The summed E-state index contributed by atoms with van der Waals surface area (Å²) >= 11 is 0. The van der Waals surface area contributed by atoms with Crippen molar-refractivity contribution in [2.75, 3.05) is 33.0 Å². The van der Waals surface area contributed by atoms with Gasteiger partial charge in [-0.05, 0) is 31.2 Å². The molecule has 3 N–H and O–H groups in total. The molecule has 27 heavy (non-hydrogen) atoms. The molecule has 12 heteroatoms. The number of ether oxygens (including phenoxy) is 2. The summed E-state index contributed by atoms with van der Waals surface area (Å²) in [7, 11) is -3.76. The maximum absolute atomic E-state index is 12.1. The van der Waals surface area contributed by atoms with E-state index in [1.54, 1.807) is 12.2 Å². The van der Waals surface area contributed by atoms with Crippen molar-refractivity contribution >= 4 is 15.9 Å². The Morgan fingerprint density at radius 2 is 1.74 bits per heavy atom. The van der Waals surface area contributed by atoms with Crippen molar-refractivity contribution < 1.29 is 41.0 Å². The zero-order chi connectivity index (χ0) is 20.5. The molecule has 0 fully saturated rings. The van der Waals surface area contributed by atoms with Crippen molar-refractivity contribution in [1.82, 2.24) is 10.0 Å². The Labute approximate surface area is 154 Å². The van der Waals surface area contributed by atoms with Crippen LogP contribution in [0.25, 0.3) is 0 Å². The molecule has 1 aromatic rings. The average Bonchev–Trinajstić information content (AvgIpc) is 2.56. The number of nitrogens with one attached hydrogen (secondary N) is 2. The molecular weight excluding hydrogens is 393 g/mol. The van der Waals surface area contributed by atoms with Gasteiger partial charge in [-0.15, -0.1) is 0 Å². The van der Waals surface area contributed by atoms with Gasteiger partial charge in [0, 0.05) is 12.6 Å². The van der Waals surface area contributed by atoms with Gasteiger partial charge in [-0.1, -0.05) is 0 Å². The molecule has 0 aliphatic heterocycles. The third-order valence-corrected chi connectivity index (χ3v) is 4.64. The molecule has 0 aliphatic carbocycles. The topological polar surface area (TPSA) is 114 Å². The van der Waals surface area contributed by atoms with Crippen molar-refractivity contribution in [2.24, 2.45) is 0 Å². The summed E-state index contributed by atoms with van der Waals surface area (Å²) < 4.78 is 72.5. The number of sulfonamides is 1. The van der Waals surface area contributed by atoms with Gasteiger partial charge in [0.25, 0.3) is 0 Å². The highest BCUT2D eigenvalue weighted by Gasteiger charge is 2.38. The Bertz CT molecular complexity index is 694. The van der Waals surface area contributed by atoms with Crippen molar-refractivity contribution in [3.63, 3.8) is 0 Å². The zero-order valence-electron chi connectivity index (χ0n) is 14.5. The Morgan fingerprint density at radius 3 is 2.33 bits per heavy atom. The molecule has 0 aliphatic rings. The molecule has 8 nitrogen and oxygen atoms in total. The van der Waals surface area contributed by atoms with Crippen LogP contribution in [0, 0.1) is 0 Å². The lowest BCUT2D eigenvalue weighted by Crippen LogP contribution is -2.38. The van der Waals surface area contributed by atoms with E-state index in [2.05, 4.69) is 4.72 Å². The molecule has 154 valence electrons. The molecule has 1 amide bonds. The summed E-state index contributed by atoms with van der Waals surface area (Å²) in [6, 6.07) is 4.48. The average molecular weight is 414 g/mol. The van der Waals surface area contributed by atoms with Crippen LogP contribution in [0.3, 0.4) is 0 Å². The highest BCUT2D eigenvalue weighted by Crippen LogP contribution is 2.15. The summed E-state index contributed by atoms with van der Waals surface area (Å²) in [6.07, 6.45) is -4.92. The first kappa shape index (κ1) is 23.1. The van der Waals surface area contributed by atoms with Crippen molar-refractivity contribution in [1.29, 1.82) is 0 Å². The van der Waals surface area contributed by atoms with E-state index in [1.807, 2.05) is 0 Å². The van der Waals surface area contributed by atoms with Crippen LogP contribution >= 0.6 is 0 Å². The maximum Gasteiger partial charge on any atom is 0.471 e. The predicted molar refractivity (Wildman–Crippen MR) is 88.6 cm³/mol. The summed E-state index contributed by atoms with van der Waals surface area (Å²) in [5, 5.41) is 10.8. The van der Waals surface area contributed by atoms with Gasteiger partial charge in [0.15, 0.2) is 0 Å². The number of benzene rings is 1. The van der Waals surface area contributed by atoms with E-state index >= 15 is 0 Å². The molecule has 0 spiro atoms. The van der Waals surface area contributed by atoms with E-state index in [-0.39, 0.29) is 43.6 Å². The molecule has 0 aromatic heterocycles. The second kappa shape index (κ2) is 10.4. The maximum atomic E-state index is 12.1. The second-order valence-corrected chi connectivity index (χ2v) is 7.17. The molecule has 0 radical (unpaired) electrons. The largest absolute Gasteiger partial charge is 0.508 e. The number of aromatic hydroxyl groups is 1. The molecule has 1 aromatic carbocycles. The van der Waals surface area contributed by atoms with Gasteiger partial charge >= 0.3 is 12.1 Å². The number of hydrogen-bond acceptors (Lipinski definition) is 6. The number of alkyl halides is 3. The predicted octanol–water partition coefficient (Wildman–Crippen LogP) is 0.771. The molecule has 0 bridgehead atoms. The van der Waals surface area contributed by atoms with Crippen LogP contribution in [0.15, 0.2) is 29.2 Å². The van der Waals surface area contributed by atoms with Crippen LogP contribution in [-0.2, 0) is 24.3 Å². The fourth-order valence-corrected chi connectivity index (χ4v) is 3.04. The lowest BCUT2D eigenvalue weighted by Gasteiger charge is -2.15. The molecule has 0 saturated heterocycles. The van der Waals surface area contributed by atoms with Gasteiger partial charge in [0.05, 0.1) is 31.3 Å². The van der Waals surface area contributed by atoms with Crippen molar-refractivity contribution in [3.05, 3.63) is 24.3 Å². The van der Waals surface area contributed by atoms with Crippen LogP contribution in [0.1, 0.15) is 6.92 Å². The van der Waals surface area contributed by atoms with Gasteiger partial charge in [0.1, 0.15) is 5.75 Å². The summed E-state index contributed by atoms with van der Waals surface area (Å²) in [4.78, 5) is 10.5. The van der Waals surface area contributed by atoms with Gasteiger partial charge < -0.3 is 19.9 Å². The van der Waals surface area contributed by atoms with Crippen LogP contribution in [0.2, 0.25) is 0 Å². The van der Waals surface area contributed by atoms with Crippen LogP contribution < -0.4 is 10.0 Å². The monoisotopic (exact) mass is 414 g/mol. The van der Waals surface area contributed by atoms with Gasteiger partial charge in [-0.2, -0.15) is 13.2 Å².